The fourth-order valence-corrected chi connectivity index (χ4v) is 3.55. The minimum absolute atomic E-state index is 0.0832. The summed E-state index contributed by atoms with van der Waals surface area (Å²) in [5, 5.41) is 8.80. The lowest BCUT2D eigenvalue weighted by Crippen LogP contribution is -2.31. The van der Waals surface area contributed by atoms with Crippen LogP contribution in [-0.4, -0.2) is 36.9 Å². The van der Waals surface area contributed by atoms with Gasteiger partial charge in [-0.1, -0.05) is 0 Å². The standard InChI is InChI=1S/C11H10F3NO4S/c12-7-1-2-8(10(14)9(7)13)20(18,19)15-4-3-6(5-15)11(16)17/h1-2,6H,3-5H2,(H,16,17). The topological polar surface area (TPSA) is 74.7 Å². The molecule has 5 nitrogen and oxygen atoms in total. The van der Waals surface area contributed by atoms with Crippen molar-refractivity contribution in [3.63, 3.8) is 0 Å². The molecule has 0 radical (unpaired) electrons. The predicted molar refractivity (Wildman–Crippen MR) is 60.8 cm³/mol. The summed E-state index contributed by atoms with van der Waals surface area (Å²) in [5.74, 6) is -7.22. The van der Waals surface area contributed by atoms with Crippen LogP contribution in [0.15, 0.2) is 17.0 Å². The Kier molecular flexibility index (Phi) is 3.74. The average Bonchev–Trinajstić information content (AvgIpc) is 2.86. The molecule has 20 heavy (non-hydrogen) atoms. The monoisotopic (exact) mass is 309 g/mol. The molecule has 0 spiro atoms. The van der Waals surface area contributed by atoms with Gasteiger partial charge in [0, 0.05) is 13.1 Å². The Morgan fingerprint density at radius 1 is 1.25 bits per heavy atom. The maximum atomic E-state index is 13.5. The summed E-state index contributed by atoms with van der Waals surface area (Å²) in [6, 6.07) is 1.13. The van der Waals surface area contributed by atoms with Crippen LogP contribution in [0, 0.1) is 23.4 Å². The van der Waals surface area contributed by atoms with Crippen molar-refractivity contribution in [3.05, 3.63) is 29.6 Å². The summed E-state index contributed by atoms with van der Waals surface area (Å²) < 4.78 is 64.3. The predicted octanol–water partition coefficient (Wildman–Crippen LogP) is 1.20. The van der Waals surface area contributed by atoms with Gasteiger partial charge in [0.2, 0.25) is 10.0 Å². The maximum absolute atomic E-state index is 13.5. The molecule has 1 aliphatic heterocycles. The number of halogens is 3. The quantitative estimate of drug-likeness (QED) is 0.851. The number of benzene rings is 1. The Balaban J connectivity index is 2.38. The molecular weight excluding hydrogens is 299 g/mol. The van der Waals surface area contributed by atoms with Crippen LogP contribution in [0.5, 0.6) is 0 Å². The Bertz CT molecular complexity index is 662. The van der Waals surface area contributed by atoms with Gasteiger partial charge in [0.05, 0.1) is 5.92 Å². The molecule has 9 heteroatoms. The number of nitrogens with zero attached hydrogens (tertiary/aromatic N) is 1. The van der Waals surface area contributed by atoms with E-state index < -0.39 is 44.3 Å². The molecule has 110 valence electrons. The van der Waals surface area contributed by atoms with E-state index in [2.05, 4.69) is 0 Å². The highest BCUT2D eigenvalue weighted by molar-refractivity contribution is 7.89. The van der Waals surface area contributed by atoms with E-state index in [1.807, 2.05) is 0 Å². The van der Waals surface area contributed by atoms with Crippen molar-refractivity contribution < 1.29 is 31.5 Å². The molecule has 1 unspecified atom stereocenters. The Morgan fingerprint density at radius 2 is 1.90 bits per heavy atom. The largest absolute Gasteiger partial charge is 0.481 e. The van der Waals surface area contributed by atoms with Gasteiger partial charge < -0.3 is 5.11 Å². The van der Waals surface area contributed by atoms with E-state index in [1.54, 1.807) is 0 Å². The molecule has 1 atom stereocenters. The van der Waals surface area contributed by atoms with Gasteiger partial charge in [-0.05, 0) is 18.6 Å². The van der Waals surface area contributed by atoms with Crippen LogP contribution in [0.4, 0.5) is 13.2 Å². The summed E-state index contributed by atoms with van der Waals surface area (Å²) in [7, 11) is -4.39. The van der Waals surface area contributed by atoms with Crippen molar-refractivity contribution in [2.24, 2.45) is 5.92 Å². The van der Waals surface area contributed by atoms with E-state index in [0.717, 1.165) is 4.31 Å². The van der Waals surface area contributed by atoms with Crippen molar-refractivity contribution in [2.45, 2.75) is 11.3 Å². The summed E-state index contributed by atoms with van der Waals surface area (Å²) in [6.45, 7) is -0.437. The third-order valence-corrected chi connectivity index (χ3v) is 5.00. The van der Waals surface area contributed by atoms with Crippen molar-refractivity contribution in [2.75, 3.05) is 13.1 Å². The van der Waals surface area contributed by atoms with E-state index in [1.165, 1.54) is 0 Å². The zero-order valence-corrected chi connectivity index (χ0v) is 10.8. The summed E-state index contributed by atoms with van der Waals surface area (Å²) in [6.07, 6.45) is 0.0832. The molecule has 1 heterocycles. The van der Waals surface area contributed by atoms with Crippen LogP contribution in [0.3, 0.4) is 0 Å². The highest BCUT2D eigenvalue weighted by Crippen LogP contribution is 2.27. The van der Waals surface area contributed by atoms with Crippen LogP contribution in [0.1, 0.15) is 6.42 Å². The summed E-state index contributed by atoms with van der Waals surface area (Å²) in [5.41, 5.74) is 0. The number of sulfonamides is 1. The second-order valence-corrected chi connectivity index (χ2v) is 6.27. The number of carboxylic acid groups (broad SMARTS) is 1. The molecule has 1 aromatic carbocycles. The van der Waals surface area contributed by atoms with Crippen molar-refractivity contribution in [1.82, 2.24) is 4.31 Å². The van der Waals surface area contributed by atoms with Gasteiger partial charge in [-0.15, -0.1) is 0 Å². The number of rotatable bonds is 3. The molecule has 1 aliphatic rings. The van der Waals surface area contributed by atoms with Crippen LogP contribution in [-0.2, 0) is 14.8 Å². The SMILES string of the molecule is O=C(O)C1CCN(S(=O)(=O)c2ccc(F)c(F)c2F)C1. The molecule has 0 bridgehead atoms. The number of carboxylic acids is 1. The van der Waals surface area contributed by atoms with E-state index in [4.69, 9.17) is 5.11 Å². The van der Waals surface area contributed by atoms with Gasteiger partial charge in [-0.3, -0.25) is 4.79 Å². The highest BCUT2D eigenvalue weighted by Gasteiger charge is 2.37. The first kappa shape index (κ1) is 14.8. The van der Waals surface area contributed by atoms with Crippen LogP contribution in [0.2, 0.25) is 0 Å². The molecule has 0 amide bonds. The zero-order valence-electron chi connectivity index (χ0n) is 10.0. The van der Waals surface area contributed by atoms with E-state index in [-0.39, 0.29) is 19.5 Å². The average molecular weight is 309 g/mol. The minimum Gasteiger partial charge on any atom is -0.481 e. The fourth-order valence-electron chi connectivity index (χ4n) is 1.99. The van der Waals surface area contributed by atoms with Gasteiger partial charge in [0.15, 0.2) is 17.5 Å². The minimum atomic E-state index is -4.39. The first-order valence-electron chi connectivity index (χ1n) is 5.61. The first-order valence-corrected chi connectivity index (χ1v) is 7.05. The third kappa shape index (κ3) is 2.38. The van der Waals surface area contributed by atoms with Crippen molar-refractivity contribution in [1.29, 1.82) is 0 Å². The molecule has 1 saturated heterocycles. The Morgan fingerprint density at radius 3 is 2.45 bits per heavy atom. The van der Waals surface area contributed by atoms with Gasteiger partial charge in [0.25, 0.3) is 0 Å². The lowest BCUT2D eigenvalue weighted by molar-refractivity contribution is -0.141. The Labute approximate surface area is 112 Å². The molecule has 2 rings (SSSR count). The lowest BCUT2D eigenvalue weighted by Gasteiger charge is -2.16. The van der Waals surface area contributed by atoms with Crippen LogP contribution < -0.4 is 0 Å². The number of carbonyl (C=O) groups is 1. The molecule has 0 saturated carbocycles. The van der Waals surface area contributed by atoms with Crippen molar-refractivity contribution in [3.8, 4) is 0 Å². The molecule has 1 N–H and O–H groups in total. The smallest absolute Gasteiger partial charge is 0.307 e. The molecule has 1 aromatic rings. The number of hydrogen-bond donors (Lipinski definition) is 1. The van der Waals surface area contributed by atoms with Crippen molar-refractivity contribution >= 4 is 16.0 Å². The van der Waals surface area contributed by atoms with E-state index in [9.17, 15) is 26.4 Å². The van der Waals surface area contributed by atoms with Gasteiger partial charge in [0.1, 0.15) is 4.90 Å². The van der Waals surface area contributed by atoms with E-state index in [0.29, 0.717) is 12.1 Å². The zero-order chi connectivity index (χ0) is 15.1. The molecule has 1 fully saturated rings. The summed E-state index contributed by atoms with van der Waals surface area (Å²) in [4.78, 5) is 9.77. The van der Waals surface area contributed by atoms with E-state index >= 15 is 0 Å². The Hall–Kier alpha value is -1.61. The molecule has 0 aliphatic carbocycles. The van der Waals surface area contributed by atoms with Gasteiger partial charge in [-0.2, -0.15) is 4.31 Å². The van der Waals surface area contributed by atoms with Gasteiger partial charge >= 0.3 is 5.97 Å². The molecule has 0 aromatic heterocycles. The second kappa shape index (κ2) is 5.06. The second-order valence-electron chi connectivity index (χ2n) is 4.36. The normalized spacial score (nSPS) is 20.2. The maximum Gasteiger partial charge on any atom is 0.307 e. The fraction of sp³-hybridized carbons (Fsp3) is 0.364. The third-order valence-electron chi connectivity index (χ3n) is 3.12. The number of aliphatic carboxylic acids is 1. The number of hydrogen-bond acceptors (Lipinski definition) is 3. The highest BCUT2D eigenvalue weighted by atomic mass is 32.2. The van der Waals surface area contributed by atoms with Gasteiger partial charge in [-0.25, -0.2) is 21.6 Å². The summed E-state index contributed by atoms with van der Waals surface area (Å²) >= 11 is 0. The first-order chi connectivity index (χ1) is 9.25. The molecular formula is C11H10F3NO4S. The van der Waals surface area contributed by atoms with Crippen LogP contribution in [0.25, 0.3) is 0 Å². The lowest BCUT2D eigenvalue weighted by atomic mass is 10.1. The van der Waals surface area contributed by atoms with Crippen LogP contribution >= 0.6 is 0 Å².